The van der Waals surface area contributed by atoms with E-state index in [1.165, 1.54) is 22.5 Å². The second-order valence-corrected chi connectivity index (χ2v) is 11.6. The molecule has 1 saturated heterocycles. The zero-order chi connectivity index (χ0) is 20.0. The van der Waals surface area contributed by atoms with Crippen molar-refractivity contribution >= 4 is 60.7 Å². The van der Waals surface area contributed by atoms with Crippen LogP contribution in [0.15, 0.2) is 22.0 Å². The van der Waals surface area contributed by atoms with Crippen LogP contribution in [0.4, 0.5) is 5.13 Å². The van der Waals surface area contributed by atoms with Gasteiger partial charge in [0.1, 0.15) is 5.69 Å². The lowest BCUT2D eigenvalue weighted by Crippen LogP contribution is -2.49. The highest BCUT2D eigenvalue weighted by atomic mass is 79.9. The standard InChI is InChI=1S/C19H21BrClN3O2S2/c1-11-7-24(8-12(2)28(11)26)18(25)16-10-27-19(22-16)23-6-5-13-3-4-15(21)17(20)14(13)9-23/h3-4,10-12H,5-9H2,1-2H3. The molecule has 4 rings (SSSR count). The van der Waals surface area contributed by atoms with Crippen molar-refractivity contribution in [3.8, 4) is 0 Å². The third-order valence-corrected chi connectivity index (χ3v) is 9.55. The highest BCUT2D eigenvalue weighted by Gasteiger charge is 2.32. The number of benzene rings is 1. The fourth-order valence-electron chi connectivity index (χ4n) is 3.80. The number of rotatable bonds is 2. The van der Waals surface area contributed by atoms with Crippen LogP contribution < -0.4 is 4.90 Å². The zero-order valence-corrected chi connectivity index (χ0v) is 19.6. The van der Waals surface area contributed by atoms with Gasteiger partial charge in [-0.25, -0.2) is 4.98 Å². The van der Waals surface area contributed by atoms with E-state index in [9.17, 15) is 9.00 Å². The Morgan fingerprint density at radius 3 is 2.75 bits per heavy atom. The number of anilines is 1. The first-order chi connectivity index (χ1) is 13.3. The van der Waals surface area contributed by atoms with Crippen molar-refractivity contribution in [1.82, 2.24) is 9.88 Å². The molecular weight excluding hydrogens is 482 g/mol. The average Bonchev–Trinajstić information content (AvgIpc) is 3.18. The molecule has 2 unspecified atom stereocenters. The third kappa shape index (κ3) is 3.76. The van der Waals surface area contributed by atoms with E-state index in [1.807, 2.05) is 25.3 Å². The van der Waals surface area contributed by atoms with Crippen molar-refractivity contribution in [2.75, 3.05) is 24.5 Å². The van der Waals surface area contributed by atoms with Crippen molar-refractivity contribution in [3.63, 3.8) is 0 Å². The smallest absolute Gasteiger partial charge is 0.273 e. The fourth-order valence-corrected chi connectivity index (χ4v) is 6.76. The summed E-state index contributed by atoms with van der Waals surface area (Å²) < 4.78 is 13.1. The Balaban J connectivity index is 1.51. The monoisotopic (exact) mass is 501 g/mol. The summed E-state index contributed by atoms with van der Waals surface area (Å²) in [7, 11) is -0.883. The maximum atomic E-state index is 12.9. The molecule has 2 aliphatic heterocycles. The van der Waals surface area contributed by atoms with Gasteiger partial charge >= 0.3 is 0 Å². The summed E-state index contributed by atoms with van der Waals surface area (Å²) in [5.74, 6) is -0.0699. The van der Waals surface area contributed by atoms with Gasteiger partial charge in [0.15, 0.2) is 5.13 Å². The van der Waals surface area contributed by atoms with Gasteiger partial charge in [0.05, 0.1) is 5.02 Å². The Hall–Kier alpha value is -0.960. The molecule has 0 bridgehead atoms. The molecule has 0 N–H and O–H groups in total. The number of nitrogens with zero attached hydrogens (tertiary/aromatic N) is 3. The van der Waals surface area contributed by atoms with Crippen LogP contribution in [0.5, 0.6) is 0 Å². The SMILES string of the molecule is CC1CN(C(=O)c2csc(N3CCc4ccc(Cl)c(Br)c4C3)n2)CC(C)S1=O. The van der Waals surface area contributed by atoms with E-state index >= 15 is 0 Å². The average molecular weight is 503 g/mol. The van der Waals surface area contributed by atoms with E-state index < -0.39 is 10.8 Å². The Bertz CT molecular complexity index is 937. The van der Waals surface area contributed by atoms with Gasteiger partial charge in [0, 0.05) is 57.3 Å². The van der Waals surface area contributed by atoms with E-state index in [1.54, 1.807) is 4.90 Å². The molecule has 28 heavy (non-hydrogen) atoms. The highest BCUT2D eigenvalue weighted by Crippen LogP contribution is 2.35. The Kier molecular flexibility index (Phi) is 5.84. The van der Waals surface area contributed by atoms with E-state index in [0.29, 0.717) is 30.4 Å². The molecule has 2 aromatic rings. The van der Waals surface area contributed by atoms with E-state index in [-0.39, 0.29) is 16.4 Å². The van der Waals surface area contributed by atoms with Gasteiger partial charge in [-0.2, -0.15) is 0 Å². The normalized spacial score (nSPS) is 24.9. The van der Waals surface area contributed by atoms with E-state index in [2.05, 4.69) is 31.9 Å². The van der Waals surface area contributed by atoms with Gasteiger partial charge in [-0.05, 0) is 53.4 Å². The molecule has 1 fully saturated rings. The third-order valence-electron chi connectivity index (χ3n) is 5.31. The van der Waals surface area contributed by atoms with Crippen molar-refractivity contribution in [2.45, 2.75) is 37.3 Å². The largest absolute Gasteiger partial charge is 0.343 e. The van der Waals surface area contributed by atoms with Crippen molar-refractivity contribution in [2.24, 2.45) is 0 Å². The summed E-state index contributed by atoms with van der Waals surface area (Å²) in [6.45, 7) is 6.49. The number of aromatic nitrogens is 1. The minimum Gasteiger partial charge on any atom is -0.343 e. The molecule has 9 heteroatoms. The van der Waals surface area contributed by atoms with Gasteiger partial charge in [0.25, 0.3) is 5.91 Å². The number of thiazole rings is 1. The molecule has 0 aliphatic carbocycles. The van der Waals surface area contributed by atoms with Gasteiger partial charge < -0.3 is 9.80 Å². The first-order valence-electron chi connectivity index (χ1n) is 9.20. The number of carbonyl (C=O) groups excluding carboxylic acids is 1. The Morgan fingerprint density at radius 1 is 1.32 bits per heavy atom. The number of hydrogen-bond donors (Lipinski definition) is 0. The highest BCUT2D eigenvalue weighted by molar-refractivity contribution is 9.10. The van der Waals surface area contributed by atoms with Gasteiger partial charge in [0.2, 0.25) is 0 Å². The van der Waals surface area contributed by atoms with E-state index in [4.69, 9.17) is 11.6 Å². The first kappa shape index (κ1) is 20.3. The summed E-state index contributed by atoms with van der Waals surface area (Å²) in [5, 5.41) is 3.38. The van der Waals surface area contributed by atoms with Crippen LogP contribution in [-0.2, 0) is 23.8 Å². The molecule has 1 amide bonds. The van der Waals surface area contributed by atoms with Crippen molar-refractivity contribution < 1.29 is 9.00 Å². The summed E-state index contributed by atoms with van der Waals surface area (Å²) >= 11 is 11.4. The second-order valence-electron chi connectivity index (χ2n) is 7.35. The Morgan fingerprint density at radius 2 is 2.04 bits per heavy atom. The molecular formula is C19H21BrClN3O2S2. The van der Waals surface area contributed by atoms with Gasteiger partial charge in [-0.1, -0.05) is 17.7 Å². The predicted molar refractivity (Wildman–Crippen MR) is 119 cm³/mol. The Labute approximate surface area is 184 Å². The minimum atomic E-state index is -0.883. The van der Waals surface area contributed by atoms with Gasteiger partial charge in [-0.15, -0.1) is 11.3 Å². The summed E-state index contributed by atoms with van der Waals surface area (Å²) in [6, 6.07) is 4.01. The molecule has 0 spiro atoms. The van der Waals surface area contributed by atoms with Crippen LogP contribution in [0, 0.1) is 0 Å². The molecule has 3 heterocycles. The zero-order valence-electron chi connectivity index (χ0n) is 15.7. The molecule has 1 aromatic heterocycles. The van der Waals surface area contributed by atoms with Crippen molar-refractivity contribution in [1.29, 1.82) is 0 Å². The van der Waals surface area contributed by atoms with Crippen LogP contribution in [0.3, 0.4) is 0 Å². The fraction of sp³-hybridized carbons (Fsp3) is 0.474. The molecule has 2 atom stereocenters. The number of fused-ring (bicyclic) bond motifs is 1. The molecule has 5 nitrogen and oxygen atoms in total. The lowest BCUT2D eigenvalue weighted by molar-refractivity contribution is 0.0746. The molecule has 2 aliphatic rings. The summed E-state index contributed by atoms with van der Waals surface area (Å²) in [6.07, 6.45) is 0.918. The number of amides is 1. The number of carbonyl (C=O) groups is 1. The summed E-state index contributed by atoms with van der Waals surface area (Å²) in [4.78, 5) is 21.5. The number of halogens is 2. The van der Waals surface area contributed by atoms with Crippen LogP contribution in [0.25, 0.3) is 0 Å². The maximum Gasteiger partial charge on any atom is 0.273 e. The van der Waals surface area contributed by atoms with Crippen LogP contribution >= 0.6 is 38.9 Å². The second kappa shape index (κ2) is 8.05. The van der Waals surface area contributed by atoms with Crippen LogP contribution in [0.2, 0.25) is 5.02 Å². The number of hydrogen-bond acceptors (Lipinski definition) is 5. The lowest BCUT2D eigenvalue weighted by atomic mass is 10.0. The summed E-state index contributed by atoms with van der Waals surface area (Å²) in [5.41, 5.74) is 2.95. The molecule has 1 aromatic carbocycles. The first-order valence-corrected chi connectivity index (χ1v) is 12.5. The lowest BCUT2D eigenvalue weighted by Gasteiger charge is -2.34. The minimum absolute atomic E-state index is 0.00787. The quantitative estimate of drug-likeness (QED) is 0.620. The molecule has 0 saturated carbocycles. The van der Waals surface area contributed by atoms with Gasteiger partial charge in [-0.3, -0.25) is 9.00 Å². The topological polar surface area (TPSA) is 53.5 Å². The predicted octanol–water partition coefficient (Wildman–Crippen LogP) is 4.10. The molecule has 150 valence electrons. The van der Waals surface area contributed by atoms with Crippen molar-refractivity contribution in [3.05, 3.63) is 43.8 Å². The van der Waals surface area contributed by atoms with Crippen LogP contribution in [-0.4, -0.2) is 50.1 Å². The maximum absolute atomic E-state index is 12.9. The van der Waals surface area contributed by atoms with Crippen LogP contribution in [0.1, 0.15) is 35.5 Å². The molecule has 0 radical (unpaired) electrons. The van der Waals surface area contributed by atoms with E-state index in [0.717, 1.165) is 22.6 Å².